The number of alkyl halides is 3. The molecule has 1 unspecified atom stereocenters. The van der Waals surface area contributed by atoms with Gasteiger partial charge in [0.25, 0.3) is 0 Å². The number of aliphatic hydroxyl groups is 1. The summed E-state index contributed by atoms with van der Waals surface area (Å²) < 4.78 is 41.5. The Bertz CT molecular complexity index is 652. The molecule has 26 heavy (non-hydrogen) atoms. The molecule has 0 bridgehead atoms. The van der Waals surface area contributed by atoms with Gasteiger partial charge >= 0.3 is 6.18 Å². The van der Waals surface area contributed by atoms with Crippen molar-refractivity contribution in [2.75, 3.05) is 13.1 Å². The van der Waals surface area contributed by atoms with Crippen LogP contribution in [0.2, 0.25) is 0 Å². The molecule has 0 radical (unpaired) electrons. The first kappa shape index (κ1) is 21.9. The first-order chi connectivity index (χ1) is 11.7. The van der Waals surface area contributed by atoms with Gasteiger partial charge in [0.15, 0.2) is 5.82 Å². The predicted octanol–water partition coefficient (Wildman–Crippen LogP) is 1.32. The molecule has 0 saturated heterocycles. The number of aromatic nitrogens is 2. The fourth-order valence-electron chi connectivity index (χ4n) is 2.41. The topological polar surface area (TPSA) is 87.5 Å². The van der Waals surface area contributed by atoms with Crippen molar-refractivity contribution in [3.8, 4) is 0 Å². The van der Waals surface area contributed by atoms with Crippen LogP contribution in [0.4, 0.5) is 13.2 Å². The highest BCUT2D eigenvalue weighted by Crippen LogP contribution is 2.41. The van der Waals surface area contributed by atoms with Crippen molar-refractivity contribution >= 4 is 11.8 Å². The summed E-state index contributed by atoms with van der Waals surface area (Å²) in [6.45, 7) is 6.38. The molecule has 1 aromatic rings. The number of nitrogens with zero attached hydrogens (tertiary/aromatic N) is 3. The number of likely N-dealkylation sites (N-methyl/N-ethyl adjacent to an activating group) is 1. The van der Waals surface area contributed by atoms with Crippen LogP contribution in [-0.2, 0) is 22.2 Å². The minimum Gasteiger partial charge on any atom is -0.374 e. The molecule has 0 aliphatic carbocycles. The fourth-order valence-corrected chi connectivity index (χ4v) is 2.41. The maximum Gasteiger partial charge on any atom is 0.425 e. The molecule has 1 rings (SSSR count). The number of imidazole rings is 1. The van der Waals surface area contributed by atoms with Crippen molar-refractivity contribution in [3.63, 3.8) is 0 Å². The molecular formula is C16H25F3N4O3. The molecule has 1 atom stereocenters. The Labute approximate surface area is 150 Å². The summed E-state index contributed by atoms with van der Waals surface area (Å²) in [7, 11) is 1.29. The van der Waals surface area contributed by atoms with E-state index in [-0.39, 0.29) is 6.54 Å². The smallest absolute Gasteiger partial charge is 0.374 e. The number of aryl methyl sites for hydroxylation is 1. The van der Waals surface area contributed by atoms with Crippen LogP contribution < -0.4 is 5.32 Å². The number of carbonyl (C=O) groups is 2. The summed E-state index contributed by atoms with van der Waals surface area (Å²) >= 11 is 0. The Hall–Kier alpha value is -2.10. The van der Waals surface area contributed by atoms with E-state index >= 15 is 0 Å². The van der Waals surface area contributed by atoms with Crippen molar-refractivity contribution in [3.05, 3.63) is 18.2 Å². The molecule has 0 aliphatic rings. The number of amides is 2. The number of hydrogen-bond donors (Lipinski definition) is 2. The second-order valence-corrected chi connectivity index (χ2v) is 7.10. The van der Waals surface area contributed by atoms with E-state index in [4.69, 9.17) is 0 Å². The van der Waals surface area contributed by atoms with Gasteiger partial charge in [-0.2, -0.15) is 13.2 Å². The summed E-state index contributed by atoms with van der Waals surface area (Å²) in [5.41, 5.74) is -3.99. The quantitative estimate of drug-likeness (QED) is 0.782. The highest BCUT2D eigenvalue weighted by atomic mass is 19.4. The molecule has 1 heterocycles. The minimum atomic E-state index is -5.12. The summed E-state index contributed by atoms with van der Waals surface area (Å²) in [5, 5.41) is 12.9. The third-order valence-electron chi connectivity index (χ3n) is 3.65. The highest BCUT2D eigenvalue weighted by molar-refractivity contribution is 5.85. The summed E-state index contributed by atoms with van der Waals surface area (Å²) in [4.78, 5) is 28.9. The van der Waals surface area contributed by atoms with Crippen molar-refractivity contribution in [1.82, 2.24) is 19.8 Å². The van der Waals surface area contributed by atoms with Gasteiger partial charge in [-0.3, -0.25) is 9.59 Å². The van der Waals surface area contributed by atoms with Crippen LogP contribution in [0.1, 0.15) is 39.9 Å². The third-order valence-corrected chi connectivity index (χ3v) is 3.65. The van der Waals surface area contributed by atoms with E-state index < -0.39 is 47.9 Å². The van der Waals surface area contributed by atoms with Gasteiger partial charge < -0.3 is 19.9 Å². The molecule has 148 valence electrons. The maximum atomic E-state index is 13.5. The maximum absolute atomic E-state index is 13.5. The fraction of sp³-hybridized carbons (Fsp3) is 0.688. The van der Waals surface area contributed by atoms with Crippen molar-refractivity contribution in [1.29, 1.82) is 0 Å². The number of nitrogens with one attached hydrogen (secondary N) is 1. The summed E-state index contributed by atoms with van der Waals surface area (Å²) in [5.74, 6) is -2.19. The van der Waals surface area contributed by atoms with Gasteiger partial charge in [-0.05, 0) is 27.7 Å². The molecule has 2 amide bonds. The number of rotatable bonds is 6. The molecule has 2 N–H and O–H groups in total. The molecule has 10 heteroatoms. The molecule has 0 aromatic carbocycles. The summed E-state index contributed by atoms with van der Waals surface area (Å²) in [6, 6.07) is 0. The first-order valence-corrected chi connectivity index (χ1v) is 8.07. The number of hydrogen-bond acceptors (Lipinski definition) is 4. The Kier molecular flexibility index (Phi) is 6.45. The molecule has 0 aliphatic heterocycles. The molecule has 7 nitrogen and oxygen atoms in total. The molecule has 0 spiro atoms. The van der Waals surface area contributed by atoms with Crippen LogP contribution in [-0.4, -0.2) is 56.2 Å². The first-order valence-electron chi connectivity index (χ1n) is 8.07. The van der Waals surface area contributed by atoms with Crippen LogP contribution in [0.15, 0.2) is 12.4 Å². The zero-order valence-corrected chi connectivity index (χ0v) is 15.5. The van der Waals surface area contributed by atoms with Crippen LogP contribution in [0.3, 0.4) is 0 Å². The van der Waals surface area contributed by atoms with Gasteiger partial charge in [0.1, 0.15) is 0 Å². The van der Waals surface area contributed by atoms with Gasteiger partial charge in [0.05, 0.1) is 13.0 Å². The van der Waals surface area contributed by atoms with E-state index in [1.165, 1.54) is 20.2 Å². The van der Waals surface area contributed by atoms with Crippen LogP contribution in [0.25, 0.3) is 0 Å². The standard InChI is InChI=1S/C16H25F3N4O3/c1-6-23(10-11(24)21-14(2,3)4)12(25)9-15(26,16(17,18)19)13-20-7-8-22(13)5/h7-8,26H,6,9-10H2,1-5H3,(H,21,24). The van der Waals surface area contributed by atoms with E-state index in [9.17, 15) is 27.9 Å². The average molecular weight is 378 g/mol. The minimum absolute atomic E-state index is 0.0187. The van der Waals surface area contributed by atoms with Gasteiger partial charge in [0.2, 0.25) is 17.4 Å². The second kappa shape index (κ2) is 7.65. The third kappa shape index (κ3) is 5.20. The number of halogens is 3. The lowest BCUT2D eigenvalue weighted by Crippen LogP contribution is -2.51. The van der Waals surface area contributed by atoms with E-state index in [2.05, 4.69) is 10.3 Å². The zero-order valence-electron chi connectivity index (χ0n) is 15.5. The normalized spacial score (nSPS) is 14.7. The molecule has 0 fully saturated rings. The Balaban J connectivity index is 3.02. The molecule has 1 aromatic heterocycles. The van der Waals surface area contributed by atoms with Gasteiger partial charge in [-0.1, -0.05) is 0 Å². The lowest BCUT2D eigenvalue weighted by Gasteiger charge is -2.32. The largest absolute Gasteiger partial charge is 0.425 e. The van der Waals surface area contributed by atoms with Crippen LogP contribution in [0.5, 0.6) is 0 Å². The van der Waals surface area contributed by atoms with Crippen molar-refractivity contribution in [2.24, 2.45) is 7.05 Å². The highest BCUT2D eigenvalue weighted by Gasteiger charge is 2.59. The van der Waals surface area contributed by atoms with Crippen LogP contribution in [0, 0.1) is 0 Å². The lowest BCUT2D eigenvalue weighted by molar-refractivity contribution is -0.271. The summed E-state index contributed by atoms with van der Waals surface area (Å²) in [6.07, 6.45) is -4.04. The monoisotopic (exact) mass is 378 g/mol. The van der Waals surface area contributed by atoms with Gasteiger partial charge in [-0.15, -0.1) is 0 Å². The van der Waals surface area contributed by atoms with Crippen molar-refractivity contribution in [2.45, 2.75) is 51.4 Å². The van der Waals surface area contributed by atoms with E-state index in [1.54, 1.807) is 20.8 Å². The number of carbonyl (C=O) groups excluding carboxylic acids is 2. The van der Waals surface area contributed by atoms with E-state index in [0.29, 0.717) is 0 Å². The Morgan fingerprint density at radius 3 is 2.27 bits per heavy atom. The van der Waals surface area contributed by atoms with E-state index in [0.717, 1.165) is 15.7 Å². The second-order valence-electron chi connectivity index (χ2n) is 7.10. The lowest BCUT2D eigenvalue weighted by atomic mass is 9.96. The SMILES string of the molecule is CCN(CC(=O)NC(C)(C)C)C(=O)CC(O)(c1nccn1C)C(F)(F)F. The van der Waals surface area contributed by atoms with Crippen LogP contribution >= 0.6 is 0 Å². The van der Waals surface area contributed by atoms with Gasteiger partial charge in [-0.25, -0.2) is 4.98 Å². The van der Waals surface area contributed by atoms with Crippen molar-refractivity contribution < 1.29 is 27.9 Å². The van der Waals surface area contributed by atoms with E-state index in [1.807, 2.05) is 0 Å². The molecular weight excluding hydrogens is 353 g/mol. The Morgan fingerprint density at radius 1 is 1.31 bits per heavy atom. The predicted molar refractivity (Wildman–Crippen MR) is 87.9 cm³/mol. The molecule has 0 saturated carbocycles. The Morgan fingerprint density at radius 2 is 1.88 bits per heavy atom. The van der Waals surface area contributed by atoms with Gasteiger partial charge in [0, 0.05) is 31.5 Å². The zero-order chi connectivity index (χ0) is 20.3. The average Bonchev–Trinajstić information content (AvgIpc) is 2.88.